The third-order valence-electron chi connectivity index (χ3n) is 4.79. The van der Waals surface area contributed by atoms with Gasteiger partial charge in [-0.05, 0) is 37.9 Å². The van der Waals surface area contributed by atoms with Crippen molar-refractivity contribution < 1.29 is 9.53 Å². The van der Waals surface area contributed by atoms with Crippen LogP contribution >= 0.6 is 12.4 Å². The number of hydrogen-bond acceptors (Lipinski definition) is 3. The molecule has 2 N–H and O–H groups in total. The van der Waals surface area contributed by atoms with E-state index in [0.717, 1.165) is 42.8 Å². The fraction of sp³-hybridized carbons (Fsp3) is 0.381. The predicted molar refractivity (Wildman–Crippen MR) is 107 cm³/mol. The van der Waals surface area contributed by atoms with Crippen molar-refractivity contribution in [2.24, 2.45) is 5.41 Å². The Bertz CT molecular complexity index is 700. The molecule has 5 heteroatoms. The standard InChI is InChI=1S/C21H26N2O2.ClH/c1-21(12-7-13-22-16-21)20(24)23-14-18-10-5-6-11-19(18)25-15-17-8-3-2-4-9-17;/h2-6,8-11,22H,7,12-16H2,1H3,(H,23,24);1H. The molecular formula is C21H27ClN2O2. The van der Waals surface area contributed by atoms with Crippen LogP contribution in [0.25, 0.3) is 0 Å². The summed E-state index contributed by atoms with van der Waals surface area (Å²) in [5.41, 5.74) is 1.80. The Kier molecular flexibility index (Phi) is 7.49. The number of carbonyl (C=O) groups excluding carboxylic acids is 1. The van der Waals surface area contributed by atoms with E-state index in [9.17, 15) is 4.79 Å². The van der Waals surface area contributed by atoms with E-state index in [2.05, 4.69) is 10.6 Å². The highest BCUT2D eigenvalue weighted by Gasteiger charge is 2.34. The van der Waals surface area contributed by atoms with E-state index in [-0.39, 0.29) is 23.7 Å². The van der Waals surface area contributed by atoms with E-state index in [4.69, 9.17) is 4.74 Å². The zero-order chi connectivity index (χ0) is 17.5. The summed E-state index contributed by atoms with van der Waals surface area (Å²) in [7, 11) is 0. The second-order valence-electron chi connectivity index (χ2n) is 6.91. The van der Waals surface area contributed by atoms with Gasteiger partial charge in [0, 0.05) is 18.7 Å². The van der Waals surface area contributed by atoms with E-state index in [1.54, 1.807) is 0 Å². The van der Waals surface area contributed by atoms with Crippen LogP contribution in [0, 0.1) is 5.41 Å². The smallest absolute Gasteiger partial charge is 0.227 e. The summed E-state index contributed by atoms with van der Waals surface area (Å²) in [6, 6.07) is 18.0. The molecule has 1 heterocycles. The van der Waals surface area contributed by atoms with Gasteiger partial charge in [0.25, 0.3) is 0 Å². The van der Waals surface area contributed by atoms with Gasteiger partial charge in [-0.3, -0.25) is 4.79 Å². The van der Waals surface area contributed by atoms with Crippen LogP contribution in [-0.4, -0.2) is 19.0 Å². The van der Waals surface area contributed by atoms with Crippen LogP contribution < -0.4 is 15.4 Å². The molecule has 1 atom stereocenters. The fourth-order valence-corrected chi connectivity index (χ4v) is 3.16. The van der Waals surface area contributed by atoms with Crippen LogP contribution in [0.3, 0.4) is 0 Å². The minimum absolute atomic E-state index is 0. The van der Waals surface area contributed by atoms with E-state index >= 15 is 0 Å². The minimum Gasteiger partial charge on any atom is -0.489 e. The molecule has 4 nitrogen and oxygen atoms in total. The average Bonchev–Trinajstić information content (AvgIpc) is 2.66. The van der Waals surface area contributed by atoms with Crippen LogP contribution in [0.5, 0.6) is 5.75 Å². The third-order valence-corrected chi connectivity index (χ3v) is 4.79. The Labute approximate surface area is 161 Å². The molecule has 1 aliphatic rings. The molecule has 2 aromatic carbocycles. The molecule has 0 bridgehead atoms. The van der Waals surface area contributed by atoms with Crippen molar-refractivity contribution in [1.29, 1.82) is 0 Å². The van der Waals surface area contributed by atoms with Crippen LogP contribution in [0.2, 0.25) is 0 Å². The zero-order valence-corrected chi connectivity index (χ0v) is 16.0. The summed E-state index contributed by atoms with van der Waals surface area (Å²) in [5, 5.41) is 6.41. The molecule has 1 unspecified atom stereocenters. The molecule has 0 radical (unpaired) electrons. The fourth-order valence-electron chi connectivity index (χ4n) is 3.16. The summed E-state index contributed by atoms with van der Waals surface area (Å²) in [4.78, 5) is 12.6. The summed E-state index contributed by atoms with van der Waals surface area (Å²) in [6.07, 6.45) is 1.97. The molecule has 1 amide bonds. The van der Waals surface area contributed by atoms with E-state index in [1.165, 1.54) is 0 Å². The number of halogens is 1. The summed E-state index contributed by atoms with van der Waals surface area (Å²) < 4.78 is 5.96. The van der Waals surface area contributed by atoms with E-state index in [1.807, 2.05) is 61.5 Å². The molecule has 26 heavy (non-hydrogen) atoms. The molecule has 1 fully saturated rings. The van der Waals surface area contributed by atoms with Gasteiger partial charge in [-0.15, -0.1) is 12.4 Å². The molecule has 2 aromatic rings. The van der Waals surface area contributed by atoms with Crippen molar-refractivity contribution in [1.82, 2.24) is 10.6 Å². The molecule has 140 valence electrons. The summed E-state index contributed by atoms with van der Waals surface area (Å²) >= 11 is 0. The highest BCUT2D eigenvalue weighted by Crippen LogP contribution is 2.26. The maximum absolute atomic E-state index is 12.6. The Morgan fingerprint density at radius 1 is 1.15 bits per heavy atom. The first-order chi connectivity index (χ1) is 12.2. The van der Waals surface area contributed by atoms with Gasteiger partial charge in [0.05, 0.1) is 5.41 Å². The zero-order valence-electron chi connectivity index (χ0n) is 15.2. The first-order valence-corrected chi connectivity index (χ1v) is 8.91. The normalized spacial score (nSPS) is 19.3. The lowest BCUT2D eigenvalue weighted by molar-refractivity contribution is -0.131. The van der Waals surface area contributed by atoms with Crippen molar-refractivity contribution >= 4 is 18.3 Å². The molecule has 0 spiro atoms. The van der Waals surface area contributed by atoms with E-state index in [0.29, 0.717) is 13.2 Å². The predicted octanol–water partition coefficient (Wildman–Crippen LogP) is 3.69. The number of para-hydroxylation sites is 1. The number of rotatable bonds is 6. The van der Waals surface area contributed by atoms with Gasteiger partial charge < -0.3 is 15.4 Å². The Hall–Kier alpha value is -2.04. The number of ether oxygens (including phenoxy) is 1. The highest BCUT2D eigenvalue weighted by atomic mass is 35.5. The lowest BCUT2D eigenvalue weighted by Crippen LogP contribution is -2.48. The molecule has 0 saturated carbocycles. The van der Waals surface area contributed by atoms with Crippen LogP contribution in [-0.2, 0) is 17.9 Å². The minimum atomic E-state index is -0.321. The SMILES string of the molecule is CC1(C(=O)NCc2ccccc2OCc2ccccc2)CCCNC1.Cl. The maximum Gasteiger partial charge on any atom is 0.227 e. The number of amides is 1. The summed E-state index contributed by atoms with van der Waals surface area (Å²) in [5.74, 6) is 0.927. The highest BCUT2D eigenvalue weighted by molar-refractivity contribution is 5.85. The Morgan fingerprint density at radius 2 is 1.88 bits per heavy atom. The Morgan fingerprint density at radius 3 is 2.62 bits per heavy atom. The number of hydrogen-bond donors (Lipinski definition) is 2. The van der Waals surface area contributed by atoms with Gasteiger partial charge in [-0.25, -0.2) is 0 Å². The number of carbonyl (C=O) groups is 1. The van der Waals surface area contributed by atoms with Gasteiger partial charge in [0.1, 0.15) is 12.4 Å². The van der Waals surface area contributed by atoms with Crippen molar-refractivity contribution in [3.8, 4) is 5.75 Å². The molecule has 0 aliphatic carbocycles. The lowest BCUT2D eigenvalue weighted by atomic mass is 9.82. The van der Waals surface area contributed by atoms with Crippen LogP contribution in [0.1, 0.15) is 30.9 Å². The van der Waals surface area contributed by atoms with Crippen molar-refractivity contribution in [2.45, 2.75) is 32.9 Å². The quantitative estimate of drug-likeness (QED) is 0.810. The average molecular weight is 375 g/mol. The van der Waals surface area contributed by atoms with Crippen molar-refractivity contribution in [3.63, 3.8) is 0 Å². The van der Waals surface area contributed by atoms with Gasteiger partial charge in [-0.1, -0.05) is 48.5 Å². The van der Waals surface area contributed by atoms with Crippen molar-refractivity contribution in [2.75, 3.05) is 13.1 Å². The van der Waals surface area contributed by atoms with Crippen molar-refractivity contribution in [3.05, 3.63) is 65.7 Å². The molecular weight excluding hydrogens is 348 g/mol. The van der Waals surface area contributed by atoms with E-state index < -0.39 is 0 Å². The summed E-state index contributed by atoms with van der Waals surface area (Å²) in [6.45, 7) is 4.78. The lowest BCUT2D eigenvalue weighted by Gasteiger charge is -2.32. The van der Waals surface area contributed by atoms with Gasteiger partial charge in [0.2, 0.25) is 5.91 Å². The van der Waals surface area contributed by atoms with Gasteiger partial charge >= 0.3 is 0 Å². The van der Waals surface area contributed by atoms with Gasteiger partial charge in [0.15, 0.2) is 0 Å². The largest absolute Gasteiger partial charge is 0.489 e. The first kappa shape index (κ1) is 20.3. The van der Waals surface area contributed by atoms with Crippen LogP contribution in [0.4, 0.5) is 0 Å². The molecule has 0 aromatic heterocycles. The topological polar surface area (TPSA) is 50.4 Å². The Balaban J connectivity index is 0.00000243. The monoisotopic (exact) mass is 374 g/mol. The van der Waals surface area contributed by atoms with Crippen LogP contribution in [0.15, 0.2) is 54.6 Å². The van der Waals surface area contributed by atoms with Gasteiger partial charge in [-0.2, -0.15) is 0 Å². The second kappa shape index (κ2) is 9.60. The first-order valence-electron chi connectivity index (χ1n) is 8.91. The molecule has 1 saturated heterocycles. The maximum atomic E-state index is 12.6. The number of piperidine rings is 1. The number of nitrogens with one attached hydrogen (secondary N) is 2. The molecule has 3 rings (SSSR count). The third kappa shape index (κ3) is 5.23. The second-order valence-corrected chi connectivity index (χ2v) is 6.91. The number of benzene rings is 2. The molecule has 1 aliphatic heterocycles.